The van der Waals surface area contributed by atoms with Crippen molar-refractivity contribution in [2.75, 3.05) is 0 Å². The van der Waals surface area contributed by atoms with Crippen molar-refractivity contribution in [2.24, 2.45) is 0 Å². The highest BCUT2D eigenvalue weighted by atomic mass is 16.6. The highest BCUT2D eigenvalue weighted by Gasteiger charge is 2.17. The molecule has 0 amide bonds. The van der Waals surface area contributed by atoms with Crippen molar-refractivity contribution < 1.29 is 9.72 Å². The number of carbonyl (C=O) groups excluding carboxylic acids is 1. The second kappa shape index (κ2) is 4.82. The maximum absolute atomic E-state index is 12.6. The third-order valence-electron chi connectivity index (χ3n) is 3.24. The first-order valence-electron chi connectivity index (χ1n) is 6.31. The molecule has 0 aliphatic rings. The summed E-state index contributed by atoms with van der Waals surface area (Å²) in [5.74, 6) is 0.220. The molecule has 1 aromatic heterocycles. The van der Waals surface area contributed by atoms with Crippen LogP contribution in [-0.4, -0.2) is 20.4 Å². The molecule has 0 fully saturated rings. The minimum Gasteiger partial charge on any atom is -0.268 e. The number of benzene rings is 2. The van der Waals surface area contributed by atoms with Crippen LogP contribution in [0.1, 0.15) is 16.2 Å². The van der Waals surface area contributed by atoms with E-state index in [-0.39, 0.29) is 17.2 Å². The van der Waals surface area contributed by atoms with E-state index in [4.69, 9.17) is 0 Å². The molecular formula is C15H11N3O3. The lowest BCUT2D eigenvalue weighted by Gasteiger charge is -2.05. The number of hydrogen-bond acceptors (Lipinski definition) is 4. The second-order valence-electron chi connectivity index (χ2n) is 4.60. The summed E-state index contributed by atoms with van der Waals surface area (Å²) in [6, 6.07) is 13.0. The number of fused-ring (bicyclic) bond motifs is 1. The molecule has 0 bridgehead atoms. The molecular weight excluding hydrogens is 270 g/mol. The van der Waals surface area contributed by atoms with E-state index in [1.165, 1.54) is 22.8 Å². The lowest BCUT2D eigenvalue weighted by molar-refractivity contribution is -0.384. The molecule has 3 rings (SSSR count). The largest absolute Gasteiger partial charge is 0.270 e. The standard InChI is InChI=1S/C15H11N3O3/c1-10-16-13-7-2-3-8-14(13)17(10)15(19)11-5-4-6-12(9-11)18(20)21/h2-9H,1H3. The van der Waals surface area contributed by atoms with Gasteiger partial charge in [-0.1, -0.05) is 18.2 Å². The maximum Gasteiger partial charge on any atom is 0.270 e. The van der Waals surface area contributed by atoms with Crippen molar-refractivity contribution in [3.63, 3.8) is 0 Å². The minimum absolute atomic E-state index is 0.108. The van der Waals surface area contributed by atoms with Crippen LogP contribution in [0, 0.1) is 17.0 Å². The number of nitro groups is 1. The molecule has 0 radical (unpaired) electrons. The molecule has 0 atom stereocenters. The monoisotopic (exact) mass is 281 g/mol. The smallest absolute Gasteiger partial charge is 0.268 e. The Bertz CT molecular complexity index is 867. The van der Waals surface area contributed by atoms with E-state index in [1.807, 2.05) is 18.2 Å². The van der Waals surface area contributed by atoms with E-state index in [9.17, 15) is 14.9 Å². The number of rotatable bonds is 2. The summed E-state index contributed by atoms with van der Waals surface area (Å²) in [5, 5.41) is 10.8. The molecule has 104 valence electrons. The molecule has 0 saturated carbocycles. The summed E-state index contributed by atoms with van der Waals surface area (Å²) in [5.41, 5.74) is 1.55. The number of carbonyl (C=O) groups is 1. The number of imidazole rings is 1. The Labute approximate surface area is 119 Å². The fourth-order valence-corrected chi connectivity index (χ4v) is 2.28. The zero-order chi connectivity index (χ0) is 15.0. The fraction of sp³-hybridized carbons (Fsp3) is 0.0667. The van der Waals surface area contributed by atoms with E-state index >= 15 is 0 Å². The quantitative estimate of drug-likeness (QED) is 0.534. The third kappa shape index (κ3) is 2.16. The minimum atomic E-state index is -0.518. The summed E-state index contributed by atoms with van der Waals surface area (Å²) in [7, 11) is 0. The number of non-ortho nitro benzene ring substituents is 1. The van der Waals surface area contributed by atoms with Crippen LogP contribution in [0.25, 0.3) is 11.0 Å². The van der Waals surface area contributed by atoms with Crippen LogP contribution in [-0.2, 0) is 0 Å². The van der Waals surface area contributed by atoms with Gasteiger partial charge >= 0.3 is 0 Å². The number of para-hydroxylation sites is 2. The van der Waals surface area contributed by atoms with Gasteiger partial charge in [0, 0.05) is 17.7 Å². The van der Waals surface area contributed by atoms with Gasteiger partial charge in [-0.05, 0) is 25.1 Å². The molecule has 0 unspecified atom stereocenters. The molecule has 0 N–H and O–H groups in total. The Morgan fingerprint density at radius 3 is 2.71 bits per heavy atom. The van der Waals surface area contributed by atoms with Crippen molar-refractivity contribution >= 4 is 22.6 Å². The SMILES string of the molecule is Cc1nc2ccccc2n1C(=O)c1cccc([N+](=O)[O-])c1. The number of aryl methyl sites for hydroxylation is 1. The highest BCUT2D eigenvalue weighted by molar-refractivity contribution is 6.02. The van der Waals surface area contributed by atoms with Crippen LogP contribution >= 0.6 is 0 Å². The van der Waals surface area contributed by atoms with Crippen LogP contribution in [0.4, 0.5) is 5.69 Å². The lowest BCUT2D eigenvalue weighted by Crippen LogP contribution is -2.13. The van der Waals surface area contributed by atoms with Crippen LogP contribution in [0.15, 0.2) is 48.5 Å². The molecule has 0 spiro atoms. The molecule has 0 saturated heterocycles. The van der Waals surface area contributed by atoms with Gasteiger partial charge in [0.1, 0.15) is 5.82 Å². The first-order valence-corrected chi connectivity index (χ1v) is 6.31. The van der Waals surface area contributed by atoms with E-state index < -0.39 is 4.92 Å². The normalized spacial score (nSPS) is 10.7. The van der Waals surface area contributed by atoms with Gasteiger partial charge in [-0.15, -0.1) is 0 Å². The fourth-order valence-electron chi connectivity index (χ4n) is 2.28. The predicted molar refractivity (Wildman–Crippen MR) is 77.3 cm³/mol. The van der Waals surface area contributed by atoms with Gasteiger partial charge in [-0.3, -0.25) is 19.5 Å². The molecule has 0 aliphatic heterocycles. The van der Waals surface area contributed by atoms with Crippen molar-refractivity contribution in [2.45, 2.75) is 6.92 Å². The zero-order valence-electron chi connectivity index (χ0n) is 11.2. The molecule has 6 nitrogen and oxygen atoms in total. The summed E-state index contributed by atoms with van der Waals surface area (Å²) in [4.78, 5) is 27.2. The van der Waals surface area contributed by atoms with Crippen LogP contribution in [0.2, 0.25) is 0 Å². The molecule has 6 heteroatoms. The molecule has 3 aromatic rings. The third-order valence-corrected chi connectivity index (χ3v) is 3.24. The Hall–Kier alpha value is -3.02. The van der Waals surface area contributed by atoms with Crippen molar-refractivity contribution in [3.8, 4) is 0 Å². The van der Waals surface area contributed by atoms with Gasteiger partial charge in [0.15, 0.2) is 0 Å². The average molecular weight is 281 g/mol. The van der Waals surface area contributed by atoms with Gasteiger partial charge in [0.05, 0.1) is 16.0 Å². The molecule has 2 aromatic carbocycles. The Kier molecular flexibility index (Phi) is 2.98. The molecule has 21 heavy (non-hydrogen) atoms. The van der Waals surface area contributed by atoms with Crippen LogP contribution in [0.5, 0.6) is 0 Å². The molecule has 1 heterocycles. The van der Waals surface area contributed by atoms with E-state index in [1.54, 1.807) is 19.1 Å². The Morgan fingerprint density at radius 1 is 1.19 bits per heavy atom. The summed E-state index contributed by atoms with van der Waals surface area (Å²) in [6.45, 7) is 1.73. The number of aromatic nitrogens is 2. The van der Waals surface area contributed by atoms with E-state index in [2.05, 4.69) is 4.98 Å². The number of nitro benzene ring substituents is 1. The van der Waals surface area contributed by atoms with Gasteiger partial charge in [-0.2, -0.15) is 0 Å². The van der Waals surface area contributed by atoms with Crippen LogP contribution < -0.4 is 0 Å². The predicted octanol–water partition coefficient (Wildman–Crippen LogP) is 2.94. The number of hydrogen-bond donors (Lipinski definition) is 0. The Morgan fingerprint density at radius 2 is 1.95 bits per heavy atom. The Balaban J connectivity index is 2.15. The van der Waals surface area contributed by atoms with Gasteiger partial charge in [0.25, 0.3) is 11.6 Å². The zero-order valence-corrected chi connectivity index (χ0v) is 11.2. The van der Waals surface area contributed by atoms with Crippen molar-refractivity contribution in [1.29, 1.82) is 0 Å². The van der Waals surface area contributed by atoms with Gasteiger partial charge in [0.2, 0.25) is 0 Å². The first-order chi connectivity index (χ1) is 10.1. The van der Waals surface area contributed by atoms with E-state index in [0.29, 0.717) is 16.9 Å². The topological polar surface area (TPSA) is 78.0 Å². The van der Waals surface area contributed by atoms with Crippen LogP contribution in [0.3, 0.4) is 0 Å². The second-order valence-corrected chi connectivity index (χ2v) is 4.60. The van der Waals surface area contributed by atoms with Gasteiger partial charge in [-0.25, -0.2) is 4.98 Å². The maximum atomic E-state index is 12.6. The highest BCUT2D eigenvalue weighted by Crippen LogP contribution is 2.19. The molecule has 0 aliphatic carbocycles. The number of nitrogens with zero attached hydrogens (tertiary/aromatic N) is 3. The summed E-state index contributed by atoms with van der Waals surface area (Å²) < 4.78 is 1.47. The average Bonchev–Trinajstić information content (AvgIpc) is 2.82. The van der Waals surface area contributed by atoms with Gasteiger partial charge < -0.3 is 0 Å². The van der Waals surface area contributed by atoms with E-state index in [0.717, 1.165) is 0 Å². The first kappa shape index (κ1) is 13.0. The van der Waals surface area contributed by atoms with Crippen molar-refractivity contribution in [3.05, 3.63) is 70.0 Å². The summed E-state index contributed by atoms with van der Waals surface area (Å²) >= 11 is 0. The van der Waals surface area contributed by atoms with Crippen molar-refractivity contribution in [1.82, 2.24) is 9.55 Å². The lowest BCUT2D eigenvalue weighted by atomic mass is 10.2. The summed E-state index contributed by atoms with van der Waals surface area (Å²) in [6.07, 6.45) is 0.